The highest BCUT2D eigenvalue weighted by Gasteiger charge is 2.35. The number of pyridine rings is 1. The number of fused-ring (bicyclic) bond motifs is 1. The van der Waals surface area contributed by atoms with Crippen molar-refractivity contribution in [2.75, 3.05) is 35.6 Å². The van der Waals surface area contributed by atoms with E-state index in [0.29, 0.717) is 29.1 Å². The summed E-state index contributed by atoms with van der Waals surface area (Å²) in [5.74, 6) is 2.39. The van der Waals surface area contributed by atoms with Crippen molar-refractivity contribution in [3.8, 4) is 11.3 Å². The number of hydrogen-bond donors (Lipinski definition) is 2. The maximum absolute atomic E-state index is 13.0. The van der Waals surface area contributed by atoms with Crippen molar-refractivity contribution in [3.63, 3.8) is 0 Å². The first-order valence-electron chi connectivity index (χ1n) is 13.1. The summed E-state index contributed by atoms with van der Waals surface area (Å²) in [5.41, 5.74) is 7.54. The van der Waals surface area contributed by atoms with Gasteiger partial charge >= 0.3 is 6.18 Å². The van der Waals surface area contributed by atoms with Crippen LogP contribution in [0.3, 0.4) is 0 Å². The highest BCUT2D eigenvalue weighted by Crippen LogP contribution is 2.35. The third kappa shape index (κ3) is 5.33. The molecule has 1 atom stereocenters. The van der Waals surface area contributed by atoms with E-state index < -0.39 is 17.6 Å². The van der Waals surface area contributed by atoms with Gasteiger partial charge < -0.3 is 16.0 Å². The molecule has 2 amide bonds. The predicted octanol–water partition coefficient (Wildman–Crippen LogP) is 4.71. The van der Waals surface area contributed by atoms with Gasteiger partial charge in [-0.2, -0.15) is 24.9 Å². The first kappa shape index (κ1) is 27.1. The lowest BCUT2D eigenvalue weighted by Crippen LogP contribution is -2.46. The van der Waals surface area contributed by atoms with Crippen LogP contribution in [-0.2, 0) is 11.0 Å². The minimum atomic E-state index is -4.55. The number of anilines is 2. The van der Waals surface area contributed by atoms with Crippen molar-refractivity contribution in [2.24, 2.45) is 5.92 Å². The number of halogens is 3. The summed E-state index contributed by atoms with van der Waals surface area (Å²) in [4.78, 5) is 40.7. The Morgan fingerprint density at radius 3 is 2.56 bits per heavy atom. The van der Waals surface area contributed by atoms with Crippen LogP contribution in [0.25, 0.3) is 16.8 Å². The maximum atomic E-state index is 13.0. The molecular formula is C28H26F3N7O2S. The lowest BCUT2D eigenvalue weighted by Gasteiger charge is -2.36. The monoisotopic (exact) mass is 581 g/mol. The average Bonchev–Trinajstić information content (AvgIpc) is 3.33. The molecule has 41 heavy (non-hydrogen) atoms. The molecule has 0 bridgehead atoms. The Bertz CT molecular complexity index is 1620. The zero-order valence-electron chi connectivity index (χ0n) is 21.8. The van der Waals surface area contributed by atoms with E-state index in [1.54, 1.807) is 42.2 Å². The zero-order valence-corrected chi connectivity index (χ0v) is 22.6. The molecule has 0 aliphatic carbocycles. The zero-order chi connectivity index (χ0) is 28.7. The standard InChI is InChI=1S/C28H26F3N7O2S/c29-28(30,31)20-7-8-33-21(12-20)35-26(39)17-5-3-16(4-6-17)22-23-24(32)34-9-11-38(23)25(36-22)18-2-1-10-37(13-18)27(40)19-14-41-15-19/h3-9,11-12,18-19H,1-2,10,13-15H2,(H2,32,34)(H,33,35,39). The summed E-state index contributed by atoms with van der Waals surface area (Å²) in [5, 5.41) is 2.41. The Morgan fingerprint density at radius 1 is 1.07 bits per heavy atom. The summed E-state index contributed by atoms with van der Waals surface area (Å²) in [6.45, 7) is 1.33. The van der Waals surface area contributed by atoms with Gasteiger partial charge in [-0.25, -0.2) is 15.0 Å². The molecule has 4 aromatic rings. The normalized spacial score (nSPS) is 17.8. The predicted molar refractivity (Wildman–Crippen MR) is 149 cm³/mol. The minimum Gasteiger partial charge on any atom is -0.382 e. The van der Waals surface area contributed by atoms with Gasteiger partial charge in [0, 0.05) is 60.2 Å². The van der Waals surface area contributed by atoms with Crippen LogP contribution in [0, 0.1) is 5.92 Å². The lowest BCUT2D eigenvalue weighted by atomic mass is 9.96. The molecule has 2 aliphatic rings. The van der Waals surface area contributed by atoms with Crippen LogP contribution in [0.4, 0.5) is 24.8 Å². The molecule has 2 aliphatic heterocycles. The van der Waals surface area contributed by atoms with E-state index in [1.807, 2.05) is 15.5 Å². The van der Waals surface area contributed by atoms with Gasteiger partial charge in [0.15, 0.2) is 0 Å². The molecule has 2 saturated heterocycles. The van der Waals surface area contributed by atoms with E-state index in [4.69, 9.17) is 10.7 Å². The fourth-order valence-corrected chi connectivity index (χ4v) is 6.00. The molecule has 1 unspecified atom stereocenters. The van der Waals surface area contributed by atoms with E-state index in [9.17, 15) is 22.8 Å². The number of nitrogens with zero attached hydrogens (tertiary/aromatic N) is 5. The van der Waals surface area contributed by atoms with E-state index in [0.717, 1.165) is 55.0 Å². The molecule has 3 aromatic heterocycles. The number of alkyl halides is 3. The molecule has 3 N–H and O–H groups in total. The molecule has 0 radical (unpaired) electrons. The molecule has 212 valence electrons. The second-order valence-electron chi connectivity index (χ2n) is 10.2. The van der Waals surface area contributed by atoms with Gasteiger partial charge in [0.05, 0.1) is 11.5 Å². The molecule has 0 spiro atoms. The van der Waals surface area contributed by atoms with E-state index in [1.165, 1.54) is 0 Å². The fraction of sp³-hybridized carbons (Fsp3) is 0.321. The van der Waals surface area contributed by atoms with Crippen LogP contribution in [0.1, 0.15) is 40.5 Å². The summed E-state index contributed by atoms with van der Waals surface area (Å²) in [7, 11) is 0. The van der Waals surface area contributed by atoms with Gasteiger partial charge in [0.1, 0.15) is 28.7 Å². The fourth-order valence-electron chi connectivity index (χ4n) is 5.24. The number of imidazole rings is 1. The number of benzene rings is 1. The number of thioether (sulfide) groups is 1. The topological polar surface area (TPSA) is 119 Å². The largest absolute Gasteiger partial charge is 0.416 e. The third-order valence-corrected chi connectivity index (χ3v) is 8.72. The Balaban J connectivity index is 1.26. The van der Waals surface area contributed by atoms with Crippen LogP contribution in [0.5, 0.6) is 0 Å². The van der Waals surface area contributed by atoms with Crippen molar-refractivity contribution >= 4 is 40.7 Å². The smallest absolute Gasteiger partial charge is 0.382 e. The number of carbonyl (C=O) groups excluding carboxylic acids is 2. The van der Waals surface area contributed by atoms with Crippen LogP contribution in [-0.4, -0.2) is 60.7 Å². The highest BCUT2D eigenvalue weighted by molar-refractivity contribution is 8.00. The summed E-state index contributed by atoms with van der Waals surface area (Å²) in [6, 6.07) is 8.16. The Morgan fingerprint density at radius 2 is 1.85 bits per heavy atom. The number of rotatable bonds is 5. The summed E-state index contributed by atoms with van der Waals surface area (Å²) in [6.07, 6.45) is 1.64. The van der Waals surface area contributed by atoms with Crippen LogP contribution in [0.2, 0.25) is 0 Å². The SMILES string of the molecule is Nc1nccn2c(C3CCCN(C(=O)C4CSC4)C3)nc(-c3ccc(C(=O)Nc4cc(C(F)(F)F)ccn4)cc3)c12. The van der Waals surface area contributed by atoms with E-state index >= 15 is 0 Å². The number of carbonyl (C=O) groups is 2. The number of hydrogen-bond acceptors (Lipinski definition) is 7. The number of likely N-dealkylation sites (tertiary alicyclic amines) is 1. The van der Waals surface area contributed by atoms with Gasteiger partial charge in [-0.05, 0) is 37.1 Å². The first-order valence-corrected chi connectivity index (χ1v) is 14.3. The van der Waals surface area contributed by atoms with Crippen molar-refractivity contribution in [1.82, 2.24) is 24.3 Å². The third-order valence-electron chi connectivity index (χ3n) is 7.45. The molecule has 13 heteroatoms. The molecule has 9 nitrogen and oxygen atoms in total. The quantitative estimate of drug-likeness (QED) is 0.350. The molecule has 0 saturated carbocycles. The maximum Gasteiger partial charge on any atom is 0.416 e. The number of aromatic nitrogens is 4. The lowest BCUT2D eigenvalue weighted by molar-refractivity contribution is -0.137. The van der Waals surface area contributed by atoms with Crippen molar-refractivity contribution < 1.29 is 22.8 Å². The second-order valence-corrected chi connectivity index (χ2v) is 11.2. The highest BCUT2D eigenvalue weighted by atomic mass is 32.2. The van der Waals surface area contributed by atoms with Gasteiger partial charge in [0.25, 0.3) is 5.91 Å². The Labute approximate surface area is 237 Å². The van der Waals surface area contributed by atoms with Gasteiger partial charge in [0.2, 0.25) is 5.91 Å². The summed E-state index contributed by atoms with van der Waals surface area (Å²) >= 11 is 1.79. The number of amides is 2. The number of nitrogen functional groups attached to an aromatic ring is 1. The molecular weight excluding hydrogens is 555 g/mol. The second kappa shape index (κ2) is 10.7. The van der Waals surface area contributed by atoms with Gasteiger partial charge in [-0.1, -0.05) is 12.1 Å². The van der Waals surface area contributed by atoms with Crippen LogP contribution >= 0.6 is 11.8 Å². The number of nitrogens with one attached hydrogen (secondary N) is 1. The van der Waals surface area contributed by atoms with Gasteiger partial charge in [-0.15, -0.1) is 0 Å². The van der Waals surface area contributed by atoms with Crippen molar-refractivity contribution in [2.45, 2.75) is 24.9 Å². The molecule has 6 rings (SSSR count). The van der Waals surface area contributed by atoms with Crippen LogP contribution < -0.4 is 11.1 Å². The average molecular weight is 582 g/mol. The Hall–Kier alpha value is -4.13. The van der Waals surface area contributed by atoms with E-state index in [2.05, 4.69) is 15.3 Å². The Kier molecular flexibility index (Phi) is 7.06. The van der Waals surface area contributed by atoms with Crippen molar-refractivity contribution in [3.05, 3.63) is 71.9 Å². The van der Waals surface area contributed by atoms with Gasteiger partial charge in [-0.3, -0.25) is 14.0 Å². The number of piperidine rings is 1. The molecule has 2 fully saturated rings. The van der Waals surface area contributed by atoms with Crippen LogP contribution in [0.15, 0.2) is 55.0 Å². The molecule has 1 aromatic carbocycles. The minimum absolute atomic E-state index is 0.0218. The van der Waals surface area contributed by atoms with E-state index in [-0.39, 0.29) is 29.1 Å². The number of nitrogens with two attached hydrogens (primary N) is 1. The first-order chi connectivity index (χ1) is 19.7. The summed E-state index contributed by atoms with van der Waals surface area (Å²) < 4.78 is 41.0. The molecule has 5 heterocycles. The van der Waals surface area contributed by atoms with Crippen molar-refractivity contribution in [1.29, 1.82) is 0 Å².